The van der Waals surface area contributed by atoms with Crippen molar-refractivity contribution in [1.29, 1.82) is 0 Å². The second-order valence-corrected chi connectivity index (χ2v) is 5.67. The van der Waals surface area contributed by atoms with Gasteiger partial charge >= 0.3 is 0 Å². The summed E-state index contributed by atoms with van der Waals surface area (Å²) in [5, 5.41) is 10.9. The summed E-state index contributed by atoms with van der Waals surface area (Å²) >= 11 is 0. The van der Waals surface area contributed by atoms with Crippen LogP contribution in [0.1, 0.15) is 44.2 Å². The van der Waals surface area contributed by atoms with Crippen LogP contribution in [-0.4, -0.2) is 17.3 Å². The number of aryl methyl sites for hydroxylation is 1. The summed E-state index contributed by atoms with van der Waals surface area (Å²) in [7, 11) is 0. The molecule has 0 bridgehead atoms. The van der Waals surface area contributed by atoms with Gasteiger partial charge in [0.2, 0.25) is 0 Å². The minimum Gasteiger partial charge on any atom is -0.389 e. The smallest absolute Gasteiger partial charge is 0.0713 e. The molecule has 0 radical (unpaired) electrons. The summed E-state index contributed by atoms with van der Waals surface area (Å²) in [6.45, 7) is 4.71. The van der Waals surface area contributed by atoms with Crippen molar-refractivity contribution in [1.82, 2.24) is 0 Å². The molecule has 2 rings (SSSR count). The fourth-order valence-electron chi connectivity index (χ4n) is 3.56. The highest BCUT2D eigenvalue weighted by Crippen LogP contribution is 2.46. The van der Waals surface area contributed by atoms with E-state index in [1.165, 1.54) is 11.1 Å². The van der Waals surface area contributed by atoms with Crippen LogP contribution in [0.4, 0.5) is 0 Å². The molecular formula is C16H25NO. The number of nitrogens with two attached hydrogens (primary N) is 1. The lowest BCUT2D eigenvalue weighted by molar-refractivity contribution is -0.0941. The fourth-order valence-corrected chi connectivity index (χ4v) is 3.56. The molecule has 1 aliphatic rings. The van der Waals surface area contributed by atoms with E-state index < -0.39 is 5.60 Å². The van der Waals surface area contributed by atoms with Crippen LogP contribution in [0.2, 0.25) is 0 Å². The van der Waals surface area contributed by atoms with Crippen molar-refractivity contribution in [3.05, 3.63) is 35.4 Å². The lowest BCUT2D eigenvalue weighted by atomic mass is 9.60. The Labute approximate surface area is 110 Å². The molecule has 0 aromatic heterocycles. The molecule has 0 fully saturated rings. The molecule has 0 spiro atoms. The standard InChI is InChI=1S/C16H25NO/c1-3-16(18,4-2)15(12-17)10-9-13-7-5-6-8-14(13)11-15/h5-8,18H,3-4,9-12,17H2,1-2H3. The highest BCUT2D eigenvalue weighted by Gasteiger charge is 2.48. The van der Waals surface area contributed by atoms with Gasteiger partial charge in [-0.2, -0.15) is 0 Å². The number of aliphatic hydroxyl groups is 1. The van der Waals surface area contributed by atoms with Crippen molar-refractivity contribution in [2.24, 2.45) is 11.1 Å². The minimum atomic E-state index is -0.630. The average Bonchev–Trinajstić information content (AvgIpc) is 2.45. The van der Waals surface area contributed by atoms with Gasteiger partial charge in [-0.15, -0.1) is 0 Å². The minimum absolute atomic E-state index is 0.148. The van der Waals surface area contributed by atoms with Gasteiger partial charge < -0.3 is 10.8 Å². The number of hydrogen-bond acceptors (Lipinski definition) is 2. The van der Waals surface area contributed by atoms with E-state index >= 15 is 0 Å². The van der Waals surface area contributed by atoms with Gasteiger partial charge in [0.05, 0.1) is 5.60 Å². The van der Waals surface area contributed by atoms with Crippen LogP contribution < -0.4 is 5.73 Å². The third kappa shape index (κ3) is 1.98. The Morgan fingerprint density at radius 2 is 1.83 bits per heavy atom. The molecule has 0 aliphatic heterocycles. The van der Waals surface area contributed by atoms with Crippen molar-refractivity contribution >= 4 is 0 Å². The van der Waals surface area contributed by atoms with Crippen LogP contribution in [0.25, 0.3) is 0 Å². The van der Waals surface area contributed by atoms with Crippen molar-refractivity contribution in [3.63, 3.8) is 0 Å². The van der Waals surface area contributed by atoms with Gasteiger partial charge in [0, 0.05) is 12.0 Å². The van der Waals surface area contributed by atoms with Crippen molar-refractivity contribution in [3.8, 4) is 0 Å². The first kappa shape index (κ1) is 13.6. The lowest BCUT2D eigenvalue weighted by Gasteiger charge is -2.49. The van der Waals surface area contributed by atoms with Crippen LogP contribution >= 0.6 is 0 Å². The maximum atomic E-state index is 10.9. The topological polar surface area (TPSA) is 46.2 Å². The maximum absolute atomic E-state index is 10.9. The van der Waals surface area contributed by atoms with Crippen molar-refractivity contribution in [2.75, 3.05) is 6.54 Å². The molecule has 1 aromatic rings. The van der Waals surface area contributed by atoms with E-state index in [-0.39, 0.29) is 5.41 Å². The Morgan fingerprint density at radius 3 is 2.39 bits per heavy atom. The molecule has 0 saturated heterocycles. The molecule has 0 heterocycles. The zero-order valence-corrected chi connectivity index (χ0v) is 11.6. The van der Waals surface area contributed by atoms with Gasteiger partial charge in [-0.3, -0.25) is 0 Å². The molecule has 1 aliphatic carbocycles. The van der Waals surface area contributed by atoms with Gasteiger partial charge in [0.25, 0.3) is 0 Å². The normalized spacial score (nSPS) is 23.8. The molecule has 2 nitrogen and oxygen atoms in total. The maximum Gasteiger partial charge on any atom is 0.0713 e. The van der Waals surface area contributed by atoms with E-state index in [9.17, 15) is 5.11 Å². The van der Waals surface area contributed by atoms with Gasteiger partial charge in [-0.1, -0.05) is 38.1 Å². The molecule has 1 unspecified atom stereocenters. The summed E-state index contributed by atoms with van der Waals surface area (Å²) in [6, 6.07) is 8.57. The molecule has 0 saturated carbocycles. The van der Waals surface area contributed by atoms with Gasteiger partial charge in [0.1, 0.15) is 0 Å². The average molecular weight is 247 g/mol. The third-order valence-electron chi connectivity index (χ3n) is 5.07. The van der Waals surface area contributed by atoms with E-state index in [0.717, 1.165) is 32.1 Å². The van der Waals surface area contributed by atoms with Crippen LogP contribution in [-0.2, 0) is 12.8 Å². The van der Waals surface area contributed by atoms with Gasteiger partial charge in [-0.05, 0) is 43.2 Å². The Bertz CT molecular complexity index is 411. The van der Waals surface area contributed by atoms with Crippen LogP contribution in [0.3, 0.4) is 0 Å². The zero-order chi connectivity index (χ0) is 13.2. The molecule has 18 heavy (non-hydrogen) atoms. The van der Waals surface area contributed by atoms with E-state index in [1.54, 1.807) is 0 Å². The monoisotopic (exact) mass is 247 g/mol. The molecule has 1 atom stereocenters. The van der Waals surface area contributed by atoms with Gasteiger partial charge in [-0.25, -0.2) is 0 Å². The van der Waals surface area contributed by atoms with E-state index in [1.807, 2.05) is 0 Å². The van der Waals surface area contributed by atoms with Crippen LogP contribution in [0.5, 0.6) is 0 Å². The first-order valence-corrected chi connectivity index (χ1v) is 7.10. The molecular weight excluding hydrogens is 222 g/mol. The SMILES string of the molecule is CCC(O)(CC)C1(CN)CCc2ccccc2C1. The van der Waals surface area contributed by atoms with Crippen LogP contribution in [0.15, 0.2) is 24.3 Å². The first-order chi connectivity index (χ1) is 8.61. The first-order valence-electron chi connectivity index (χ1n) is 7.10. The Kier molecular flexibility index (Phi) is 3.79. The molecule has 1 aromatic carbocycles. The summed E-state index contributed by atoms with van der Waals surface area (Å²) in [6.07, 6.45) is 4.51. The Morgan fingerprint density at radius 1 is 1.22 bits per heavy atom. The van der Waals surface area contributed by atoms with E-state index in [4.69, 9.17) is 5.73 Å². The largest absolute Gasteiger partial charge is 0.389 e. The summed E-state index contributed by atoms with van der Waals surface area (Å²) in [4.78, 5) is 0. The summed E-state index contributed by atoms with van der Waals surface area (Å²) in [5.74, 6) is 0. The van der Waals surface area contributed by atoms with E-state index in [2.05, 4.69) is 38.1 Å². The van der Waals surface area contributed by atoms with Crippen LogP contribution in [0, 0.1) is 5.41 Å². The summed E-state index contributed by atoms with van der Waals surface area (Å²) in [5.41, 5.74) is 8.09. The molecule has 100 valence electrons. The lowest BCUT2D eigenvalue weighted by Crippen LogP contribution is -2.55. The quantitative estimate of drug-likeness (QED) is 0.859. The summed E-state index contributed by atoms with van der Waals surface area (Å²) < 4.78 is 0. The predicted molar refractivity (Wildman–Crippen MR) is 75.5 cm³/mol. The number of benzene rings is 1. The number of fused-ring (bicyclic) bond motifs is 1. The molecule has 2 heteroatoms. The second-order valence-electron chi connectivity index (χ2n) is 5.67. The molecule has 3 N–H and O–H groups in total. The fraction of sp³-hybridized carbons (Fsp3) is 0.625. The zero-order valence-electron chi connectivity index (χ0n) is 11.6. The van der Waals surface area contributed by atoms with Gasteiger partial charge in [0.15, 0.2) is 0 Å². The van der Waals surface area contributed by atoms with Crippen molar-refractivity contribution in [2.45, 2.75) is 51.6 Å². The number of rotatable bonds is 4. The highest BCUT2D eigenvalue weighted by molar-refractivity contribution is 5.32. The third-order valence-corrected chi connectivity index (χ3v) is 5.07. The van der Waals surface area contributed by atoms with E-state index in [0.29, 0.717) is 6.54 Å². The Balaban J connectivity index is 2.37. The highest BCUT2D eigenvalue weighted by atomic mass is 16.3. The molecule has 0 amide bonds. The predicted octanol–water partition coefficient (Wildman–Crippen LogP) is 2.67. The Hall–Kier alpha value is -0.860. The van der Waals surface area contributed by atoms with Crippen molar-refractivity contribution < 1.29 is 5.11 Å². The number of hydrogen-bond donors (Lipinski definition) is 2. The second kappa shape index (κ2) is 5.02.